The molecule has 0 aliphatic rings. The van der Waals surface area contributed by atoms with Gasteiger partial charge in [0.2, 0.25) is 5.91 Å². The number of nitrogens with one attached hydrogen (secondary N) is 1. The van der Waals surface area contributed by atoms with Crippen molar-refractivity contribution in [2.45, 2.75) is 13.0 Å². The van der Waals surface area contributed by atoms with E-state index >= 15 is 0 Å². The second-order valence-corrected chi connectivity index (χ2v) is 4.48. The van der Waals surface area contributed by atoms with E-state index in [2.05, 4.69) is 10.4 Å². The summed E-state index contributed by atoms with van der Waals surface area (Å²) in [5.74, 6) is -0.961. The van der Waals surface area contributed by atoms with Gasteiger partial charge >= 0.3 is 0 Å². The van der Waals surface area contributed by atoms with Crippen molar-refractivity contribution in [3.8, 4) is 0 Å². The van der Waals surface area contributed by atoms with Crippen LogP contribution in [0.3, 0.4) is 0 Å². The number of carbonyl (C=O) groups is 1. The standard InChI is InChI=1S/C12H12ClFN4O/c1-7(18-6-8(13)5-16-18)12(19)17-11-4-9(15)2-3-10(11)14/h2-7H,15H2,1H3,(H,17,19). The first-order chi connectivity index (χ1) is 8.97. The molecule has 2 rings (SSSR count). The van der Waals surface area contributed by atoms with E-state index in [-0.39, 0.29) is 5.69 Å². The van der Waals surface area contributed by atoms with Gasteiger partial charge in [0.25, 0.3) is 0 Å². The van der Waals surface area contributed by atoms with Gasteiger partial charge < -0.3 is 11.1 Å². The van der Waals surface area contributed by atoms with Crippen LogP contribution in [0, 0.1) is 5.82 Å². The Kier molecular flexibility index (Phi) is 3.71. The second-order valence-electron chi connectivity index (χ2n) is 4.04. The SMILES string of the molecule is CC(C(=O)Nc1cc(N)ccc1F)n1cc(Cl)cn1. The maximum atomic E-state index is 13.5. The van der Waals surface area contributed by atoms with E-state index < -0.39 is 17.8 Å². The molecule has 1 aromatic carbocycles. The Morgan fingerprint density at radius 3 is 2.95 bits per heavy atom. The Morgan fingerprint density at radius 2 is 2.32 bits per heavy atom. The summed E-state index contributed by atoms with van der Waals surface area (Å²) in [4.78, 5) is 12.0. The molecule has 0 bridgehead atoms. The van der Waals surface area contributed by atoms with Gasteiger partial charge in [-0.3, -0.25) is 9.48 Å². The largest absolute Gasteiger partial charge is 0.399 e. The summed E-state index contributed by atoms with van der Waals surface area (Å²) in [6, 6.07) is 3.35. The van der Waals surface area contributed by atoms with E-state index in [1.807, 2.05) is 0 Å². The van der Waals surface area contributed by atoms with Gasteiger partial charge in [-0.2, -0.15) is 5.10 Å². The number of nitrogens with zero attached hydrogens (tertiary/aromatic N) is 2. The van der Waals surface area contributed by atoms with Gasteiger partial charge in [-0.15, -0.1) is 0 Å². The fraction of sp³-hybridized carbons (Fsp3) is 0.167. The molecule has 0 aliphatic carbocycles. The highest BCUT2D eigenvalue weighted by atomic mass is 35.5. The summed E-state index contributed by atoms with van der Waals surface area (Å²) < 4.78 is 14.9. The van der Waals surface area contributed by atoms with E-state index in [4.69, 9.17) is 17.3 Å². The Hall–Kier alpha value is -2.08. The molecule has 7 heteroatoms. The first-order valence-electron chi connectivity index (χ1n) is 5.53. The quantitative estimate of drug-likeness (QED) is 0.849. The van der Waals surface area contributed by atoms with Crippen LogP contribution in [-0.4, -0.2) is 15.7 Å². The van der Waals surface area contributed by atoms with Crippen molar-refractivity contribution in [2.24, 2.45) is 0 Å². The Morgan fingerprint density at radius 1 is 1.58 bits per heavy atom. The van der Waals surface area contributed by atoms with Crippen LogP contribution in [0.2, 0.25) is 5.02 Å². The zero-order valence-electron chi connectivity index (χ0n) is 10.1. The molecule has 1 unspecified atom stereocenters. The highest BCUT2D eigenvalue weighted by Gasteiger charge is 2.17. The molecule has 0 fully saturated rings. The van der Waals surface area contributed by atoms with E-state index in [0.717, 1.165) is 0 Å². The van der Waals surface area contributed by atoms with Gasteiger partial charge in [0.05, 0.1) is 16.9 Å². The topological polar surface area (TPSA) is 72.9 Å². The van der Waals surface area contributed by atoms with Crippen molar-refractivity contribution >= 4 is 28.9 Å². The minimum atomic E-state index is -0.617. The van der Waals surface area contributed by atoms with Gasteiger partial charge in [0.15, 0.2) is 0 Å². The summed E-state index contributed by atoms with van der Waals surface area (Å²) in [5.41, 5.74) is 5.95. The first-order valence-corrected chi connectivity index (χ1v) is 5.90. The zero-order chi connectivity index (χ0) is 14.0. The minimum absolute atomic E-state index is 0.0371. The van der Waals surface area contributed by atoms with Crippen LogP contribution in [-0.2, 0) is 4.79 Å². The van der Waals surface area contributed by atoms with E-state index in [1.165, 1.54) is 35.3 Å². The number of halogens is 2. The number of hydrogen-bond donors (Lipinski definition) is 2. The molecule has 3 N–H and O–H groups in total. The molecular weight excluding hydrogens is 271 g/mol. The van der Waals surface area contributed by atoms with Crippen LogP contribution in [0.4, 0.5) is 15.8 Å². The Bertz CT molecular complexity index is 614. The molecule has 1 aromatic heterocycles. The van der Waals surface area contributed by atoms with Crippen LogP contribution >= 0.6 is 11.6 Å². The Labute approximate surface area is 114 Å². The molecule has 1 heterocycles. The third-order valence-corrected chi connectivity index (χ3v) is 2.79. The smallest absolute Gasteiger partial charge is 0.249 e. The van der Waals surface area contributed by atoms with E-state index in [1.54, 1.807) is 6.92 Å². The van der Waals surface area contributed by atoms with E-state index in [0.29, 0.717) is 10.7 Å². The van der Waals surface area contributed by atoms with Crippen molar-refractivity contribution < 1.29 is 9.18 Å². The van der Waals surface area contributed by atoms with Gasteiger partial charge in [-0.05, 0) is 25.1 Å². The average molecular weight is 283 g/mol. The lowest BCUT2D eigenvalue weighted by Gasteiger charge is -2.13. The number of amides is 1. The predicted octanol–water partition coefficient (Wildman–Crippen LogP) is 2.46. The molecule has 0 radical (unpaired) electrons. The van der Waals surface area contributed by atoms with Crippen LogP contribution in [0.25, 0.3) is 0 Å². The summed E-state index contributed by atoms with van der Waals surface area (Å²) in [6.07, 6.45) is 2.94. The van der Waals surface area contributed by atoms with Crippen molar-refractivity contribution in [3.05, 3.63) is 41.4 Å². The van der Waals surface area contributed by atoms with Crippen molar-refractivity contribution in [1.82, 2.24) is 9.78 Å². The predicted molar refractivity (Wildman–Crippen MR) is 71.4 cm³/mol. The van der Waals surface area contributed by atoms with Gasteiger partial charge in [-0.25, -0.2) is 4.39 Å². The maximum absolute atomic E-state index is 13.5. The first kappa shape index (κ1) is 13.4. The van der Waals surface area contributed by atoms with Gasteiger partial charge in [-0.1, -0.05) is 11.6 Å². The number of rotatable bonds is 3. The maximum Gasteiger partial charge on any atom is 0.249 e. The van der Waals surface area contributed by atoms with Crippen LogP contribution in [0.5, 0.6) is 0 Å². The second kappa shape index (κ2) is 5.27. The fourth-order valence-electron chi connectivity index (χ4n) is 1.52. The average Bonchev–Trinajstić information content (AvgIpc) is 2.79. The molecule has 0 saturated heterocycles. The number of nitrogens with two attached hydrogens (primary N) is 1. The third kappa shape index (κ3) is 3.03. The number of carbonyl (C=O) groups excluding carboxylic acids is 1. The molecule has 100 valence electrons. The molecule has 5 nitrogen and oxygen atoms in total. The van der Waals surface area contributed by atoms with E-state index in [9.17, 15) is 9.18 Å². The molecule has 0 spiro atoms. The third-order valence-electron chi connectivity index (χ3n) is 2.59. The molecule has 0 saturated carbocycles. The summed E-state index contributed by atoms with van der Waals surface area (Å²) in [5, 5.41) is 6.81. The molecule has 0 aliphatic heterocycles. The lowest BCUT2D eigenvalue weighted by Crippen LogP contribution is -2.24. The highest BCUT2D eigenvalue weighted by Crippen LogP contribution is 2.19. The van der Waals surface area contributed by atoms with Crippen molar-refractivity contribution in [1.29, 1.82) is 0 Å². The lowest BCUT2D eigenvalue weighted by atomic mass is 10.2. The number of benzene rings is 1. The van der Waals surface area contributed by atoms with Crippen molar-refractivity contribution in [2.75, 3.05) is 11.1 Å². The highest BCUT2D eigenvalue weighted by molar-refractivity contribution is 6.30. The monoisotopic (exact) mass is 282 g/mol. The number of hydrogen-bond acceptors (Lipinski definition) is 3. The van der Waals surface area contributed by atoms with Gasteiger partial charge in [0, 0.05) is 11.9 Å². The Balaban J connectivity index is 2.14. The fourth-order valence-corrected chi connectivity index (χ4v) is 1.67. The minimum Gasteiger partial charge on any atom is -0.399 e. The molecule has 1 atom stereocenters. The van der Waals surface area contributed by atoms with Crippen LogP contribution in [0.1, 0.15) is 13.0 Å². The molecular formula is C12H12ClFN4O. The zero-order valence-corrected chi connectivity index (χ0v) is 10.9. The lowest BCUT2D eigenvalue weighted by molar-refractivity contribution is -0.119. The number of nitrogen functional groups attached to an aromatic ring is 1. The van der Waals surface area contributed by atoms with Crippen molar-refractivity contribution in [3.63, 3.8) is 0 Å². The van der Waals surface area contributed by atoms with Crippen LogP contribution in [0.15, 0.2) is 30.6 Å². The molecule has 2 aromatic rings. The summed E-state index contributed by atoms with van der Waals surface area (Å²) in [7, 11) is 0. The normalized spacial score (nSPS) is 12.2. The number of aromatic nitrogens is 2. The van der Waals surface area contributed by atoms with Gasteiger partial charge in [0.1, 0.15) is 11.9 Å². The van der Waals surface area contributed by atoms with Crippen LogP contribution < -0.4 is 11.1 Å². The summed E-state index contributed by atoms with van der Waals surface area (Å²) in [6.45, 7) is 1.63. The number of anilines is 2. The summed E-state index contributed by atoms with van der Waals surface area (Å²) >= 11 is 5.72. The molecule has 1 amide bonds. The molecule has 19 heavy (non-hydrogen) atoms.